The van der Waals surface area contributed by atoms with Crippen molar-refractivity contribution in [2.75, 3.05) is 11.9 Å². The van der Waals surface area contributed by atoms with Gasteiger partial charge in [0.05, 0.1) is 21.7 Å². The molecule has 0 saturated carbocycles. The number of allylic oxidation sites excluding steroid dienone is 1. The van der Waals surface area contributed by atoms with Crippen LogP contribution in [0.2, 0.25) is 0 Å². The van der Waals surface area contributed by atoms with Crippen molar-refractivity contribution in [3.8, 4) is 0 Å². The lowest BCUT2D eigenvalue weighted by atomic mass is 9.69. The highest BCUT2D eigenvalue weighted by atomic mass is 32.2. The van der Waals surface area contributed by atoms with Crippen LogP contribution in [0.25, 0.3) is 22.6 Å². The van der Waals surface area contributed by atoms with E-state index in [-0.39, 0.29) is 16.2 Å². The lowest BCUT2D eigenvalue weighted by Crippen LogP contribution is -2.29. The van der Waals surface area contributed by atoms with Crippen LogP contribution in [0, 0.1) is 11.3 Å². The van der Waals surface area contributed by atoms with Crippen molar-refractivity contribution in [1.82, 2.24) is 4.98 Å². The highest BCUT2D eigenvalue weighted by Crippen LogP contribution is 2.45. The number of nitrogens with two attached hydrogens (primary N) is 1. The minimum absolute atomic E-state index is 0.0162. The molecule has 0 spiro atoms. The van der Waals surface area contributed by atoms with E-state index in [1.54, 1.807) is 11.3 Å². The first-order valence-electron chi connectivity index (χ1n) is 13.2. The largest absolute Gasteiger partial charge is 0.452 e. The standard InChI is InChI=1S/C31H31N3O5S2/c1-31(2,3)20-15-19(16-22-7-6-14-40-22)29-25(17-20)28(24-8-4-5-9-26(24)34-29)30(36)39-18-27(35)33-21-10-12-23(13-11-21)41(32,37)38/h4-14,16,20H,15,17-18H2,1-3H3,(H,33,35)(H2,32,37,38)/b19-16-/t20-/m0/s1. The van der Waals surface area contributed by atoms with Gasteiger partial charge in [0, 0.05) is 16.0 Å². The number of para-hydroxylation sites is 1. The summed E-state index contributed by atoms with van der Waals surface area (Å²) in [6, 6.07) is 17.0. The number of amides is 1. The molecule has 1 aliphatic rings. The molecule has 2 heterocycles. The SMILES string of the molecule is CC(C)(C)[C@H]1C/C(=C/c2cccs2)c2nc3ccccc3c(C(=O)OCC(=O)Nc3ccc(S(N)(=O)=O)cc3)c2C1. The van der Waals surface area contributed by atoms with Gasteiger partial charge in [0.2, 0.25) is 10.0 Å². The molecule has 2 aromatic carbocycles. The number of pyridine rings is 1. The summed E-state index contributed by atoms with van der Waals surface area (Å²) in [5.41, 5.74) is 4.16. The van der Waals surface area contributed by atoms with Gasteiger partial charge in [0.25, 0.3) is 5.91 Å². The van der Waals surface area contributed by atoms with Crippen molar-refractivity contribution >= 4 is 61.5 Å². The number of carbonyl (C=O) groups is 2. The van der Waals surface area contributed by atoms with Crippen LogP contribution < -0.4 is 10.5 Å². The van der Waals surface area contributed by atoms with Crippen molar-refractivity contribution in [2.45, 2.75) is 38.5 Å². The number of primary sulfonamides is 1. The zero-order valence-electron chi connectivity index (χ0n) is 23.0. The molecule has 1 aliphatic carbocycles. The first-order valence-corrected chi connectivity index (χ1v) is 15.6. The van der Waals surface area contributed by atoms with E-state index in [1.165, 1.54) is 24.3 Å². The third-order valence-corrected chi connectivity index (χ3v) is 9.05. The number of thiophene rings is 1. The van der Waals surface area contributed by atoms with Gasteiger partial charge in [-0.3, -0.25) is 4.79 Å². The van der Waals surface area contributed by atoms with Crippen LogP contribution in [0.1, 0.15) is 53.7 Å². The van der Waals surface area contributed by atoms with Gasteiger partial charge in [-0.2, -0.15) is 0 Å². The lowest BCUT2D eigenvalue weighted by Gasteiger charge is -2.36. The zero-order valence-corrected chi connectivity index (χ0v) is 24.6. The number of carbonyl (C=O) groups excluding carboxylic acids is 2. The second-order valence-corrected chi connectivity index (χ2v) is 13.7. The van der Waals surface area contributed by atoms with Crippen LogP contribution in [0.5, 0.6) is 0 Å². The Morgan fingerprint density at radius 1 is 1.07 bits per heavy atom. The van der Waals surface area contributed by atoms with E-state index in [9.17, 15) is 18.0 Å². The van der Waals surface area contributed by atoms with Gasteiger partial charge >= 0.3 is 5.97 Å². The smallest absolute Gasteiger partial charge is 0.339 e. The number of sulfonamides is 1. The fraction of sp³-hybridized carbons (Fsp3) is 0.258. The predicted molar refractivity (Wildman–Crippen MR) is 162 cm³/mol. The topological polar surface area (TPSA) is 128 Å². The molecule has 1 atom stereocenters. The van der Waals surface area contributed by atoms with Crippen molar-refractivity contribution in [2.24, 2.45) is 16.5 Å². The number of hydrogen-bond donors (Lipinski definition) is 2. The average Bonchev–Trinajstić information content (AvgIpc) is 3.43. The molecule has 0 aliphatic heterocycles. The minimum atomic E-state index is -3.85. The second-order valence-electron chi connectivity index (χ2n) is 11.2. The first-order chi connectivity index (χ1) is 19.4. The number of esters is 1. The quantitative estimate of drug-likeness (QED) is 0.270. The molecular weight excluding hydrogens is 558 g/mol. The fourth-order valence-electron chi connectivity index (χ4n) is 5.04. The Bertz CT molecular complexity index is 1750. The van der Waals surface area contributed by atoms with E-state index >= 15 is 0 Å². The van der Waals surface area contributed by atoms with Gasteiger partial charge in [-0.05, 0) is 83.2 Å². The number of anilines is 1. The van der Waals surface area contributed by atoms with Crippen molar-refractivity contribution in [3.63, 3.8) is 0 Å². The van der Waals surface area contributed by atoms with Gasteiger partial charge in [-0.15, -0.1) is 11.3 Å². The number of aromatic nitrogens is 1. The summed E-state index contributed by atoms with van der Waals surface area (Å²) in [5.74, 6) is -0.885. The summed E-state index contributed by atoms with van der Waals surface area (Å²) in [6.07, 6.45) is 3.65. The molecule has 4 aromatic rings. The summed E-state index contributed by atoms with van der Waals surface area (Å²) in [4.78, 5) is 32.4. The molecule has 212 valence electrons. The van der Waals surface area contributed by atoms with E-state index in [0.717, 1.165) is 28.1 Å². The molecule has 0 unspecified atom stereocenters. The molecule has 10 heteroatoms. The van der Waals surface area contributed by atoms with Crippen LogP contribution >= 0.6 is 11.3 Å². The molecule has 8 nitrogen and oxygen atoms in total. The third kappa shape index (κ3) is 6.40. The Kier molecular flexibility index (Phi) is 7.83. The second kappa shape index (κ2) is 11.2. The fourth-order valence-corrected chi connectivity index (χ4v) is 6.24. The maximum atomic E-state index is 13.7. The maximum absolute atomic E-state index is 13.7. The number of nitrogens with zero attached hydrogens (tertiary/aromatic N) is 1. The Morgan fingerprint density at radius 3 is 2.46 bits per heavy atom. The molecule has 1 amide bonds. The van der Waals surface area contributed by atoms with Crippen LogP contribution in [0.4, 0.5) is 5.69 Å². The molecule has 2 aromatic heterocycles. The lowest BCUT2D eigenvalue weighted by molar-refractivity contribution is -0.119. The highest BCUT2D eigenvalue weighted by Gasteiger charge is 2.35. The van der Waals surface area contributed by atoms with Crippen molar-refractivity contribution < 1.29 is 22.7 Å². The number of ether oxygens (including phenoxy) is 1. The van der Waals surface area contributed by atoms with Crippen LogP contribution in [-0.4, -0.2) is 31.9 Å². The molecular formula is C31H31N3O5S2. The van der Waals surface area contributed by atoms with Gasteiger partial charge in [-0.1, -0.05) is 45.0 Å². The van der Waals surface area contributed by atoms with Gasteiger partial charge in [0.15, 0.2) is 6.61 Å². The molecule has 0 bridgehead atoms. The Morgan fingerprint density at radius 2 is 1.80 bits per heavy atom. The molecule has 0 saturated heterocycles. The van der Waals surface area contributed by atoms with Gasteiger partial charge in [0.1, 0.15) is 0 Å². The molecule has 0 radical (unpaired) electrons. The normalized spacial score (nSPS) is 16.4. The summed E-state index contributed by atoms with van der Waals surface area (Å²) >= 11 is 1.65. The van der Waals surface area contributed by atoms with Crippen molar-refractivity contribution in [1.29, 1.82) is 0 Å². The third-order valence-electron chi connectivity index (χ3n) is 7.30. The number of benzene rings is 2. The minimum Gasteiger partial charge on any atom is -0.452 e. The summed E-state index contributed by atoms with van der Waals surface area (Å²) in [7, 11) is -3.85. The monoisotopic (exact) mass is 589 g/mol. The Balaban J connectivity index is 1.47. The molecule has 3 N–H and O–H groups in total. The number of hydrogen-bond acceptors (Lipinski definition) is 7. The summed E-state index contributed by atoms with van der Waals surface area (Å²) < 4.78 is 28.5. The maximum Gasteiger partial charge on any atom is 0.339 e. The summed E-state index contributed by atoms with van der Waals surface area (Å²) in [5, 5.41) is 10.5. The van der Waals surface area contributed by atoms with Gasteiger partial charge in [-0.25, -0.2) is 23.3 Å². The number of rotatable bonds is 6. The molecule has 0 fully saturated rings. The van der Waals surface area contributed by atoms with Crippen LogP contribution in [-0.2, 0) is 26.0 Å². The van der Waals surface area contributed by atoms with E-state index in [1.807, 2.05) is 35.7 Å². The number of fused-ring (bicyclic) bond motifs is 2. The predicted octanol–water partition coefficient (Wildman–Crippen LogP) is 5.89. The molecule has 5 rings (SSSR count). The summed E-state index contributed by atoms with van der Waals surface area (Å²) in [6.45, 7) is 6.11. The van der Waals surface area contributed by atoms with E-state index < -0.39 is 28.5 Å². The Hall–Kier alpha value is -3.86. The zero-order chi connectivity index (χ0) is 29.4. The van der Waals surface area contributed by atoms with E-state index in [4.69, 9.17) is 14.9 Å². The van der Waals surface area contributed by atoms with Gasteiger partial charge < -0.3 is 10.1 Å². The Labute approximate surface area is 243 Å². The van der Waals surface area contributed by atoms with Crippen molar-refractivity contribution in [3.05, 3.63) is 87.7 Å². The highest BCUT2D eigenvalue weighted by molar-refractivity contribution is 7.89. The van der Waals surface area contributed by atoms with E-state index in [2.05, 4.69) is 38.2 Å². The number of nitrogens with one attached hydrogen (secondary N) is 1. The first kappa shape index (κ1) is 28.7. The van der Waals surface area contributed by atoms with E-state index in [0.29, 0.717) is 28.6 Å². The average molecular weight is 590 g/mol. The van der Waals surface area contributed by atoms with Crippen LogP contribution in [0.3, 0.4) is 0 Å². The molecule has 41 heavy (non-hydrogen) atoms. The van der Waals surface area contributed by atoms with Crippen LogP contribution in [0.15, 0.2) is 70.9 Å².